The van der Waals surface area contributed by atoms with E-state index in [1.54, 1.807) is 4.90 Å². The summed E-state index contributed by atoms with van der Waals surface area (Å²) in [5, 5.41) is 10.9. The van der Waals surface area contributed by atoms with Gasteiger partial charge in [0.25, 0.3) is 5.91 Å². The number of aliphatic hydroxyl groups excluding tert-OH is 1. The molecule has 5 heterocycles. The van der Waals surface area contributed by atoms with Gasteiger partial charge in [-0.05, 0) is 37.6 Å². The number of hydrogen-bond acceptors (Lipinski definition) is 5. The zero-order chi connectivity index (χ0) is 19.2. The molecule has 4 bridgehead atoms. The van der Waals surface area contributed by atoms with Crippen LogP contribution in [0.3, 0.4) is 0 Å². The van der Waals surface area contributed by atoms with E-state index >= 15 is 0 Å². The maximum absolute atomic E-state index is 13.8. The second-order valence-corrected chi connectivity index (χ2v) is 8.96. The van der Waals surface area contributed by atoms with Crippen LogP contribution in [-0.4, -0.2) is 66.7 Å². The van der Waals surface area contributed by atoms with Gasteiger partial charge in [0.2, 0.25) is 0 Å². The quantitative estimate of drug-likeness (QED) is 0.677. The van der Waals surface area contributed by atoms with Gasteiger partial charge in [0.05, 0.1) is 24.2 Å². The number of amides is 1. The van der Waals surface area contributed by atoms with E-state index in [1.165, 1.54) is 5.57 Å². The predicted molar refractivity (Wildman–Crippen MR) is 102 cm³/mol. The van der Waals surface area contributed by atoms with E-state index in [0.29, 0.717) is 19.4 Å². The molecule has 1 amide bonds. The summed E-state index contributed by atoms with van der Waals surface area (Å²) in [6.45, 7) is 1.98. The molecule has 6 aliphatic rings. The molecule has 1 N–H and O–H groups in total. The van der Waals surface area contributed by atoms with Crippen molar-refractivity contribution < 1.29 is 19.4 Å². The number of benzene rings is 1. The average Bonchev–Trinajstić information content (AvgIpc) is 2.92. The topological polar surface area (TPSA) is 70.1 Å². The monoisotopic (exact) mass is 380 g/mol. The van der Waals surface area contributed by atoms with Gasteiger partial charge in [-0.1, -0.05) is 29.8 Å². The van der Waals surface area contributed by atoms with Crippen LogP contribution in [0.5, 0.6) is 0 Å². The molecule has 6 heteroatoms. The van der Waals surface area contributed by atoms with Gasteiger partial charge in [-0.2, -0.15) is 0 Å². The highest BCUT2D eigenvalue weighted by Crippen LogP contribution is 2.60. The lowest BCUT2D eigenvalue weighted by molar-refractivity contribution is -0.156. The number of piperidine rings is 1. The Morgan fingerprint density at radius 1 is 1.25 bits per heavy atom. The Labute approximate surface area is 163 Å². The third kappa shape index (κ3) is 1.84. The van der Waals surface area contributed by atoms with Crippen LogP contribution in [0.25, 0.3) is 0 Å². The largest absolute Gasteiger partial charge is 0.380 e. The molecule has 7 rings (SSSR count). The molecule has 6 atom stereocenters. The molecule has 1 aliphatic carbocycles. The Kier molecular flexibility index (Phi) is 3.33. The Balaban J connectivity index is 1.67. The zero-order valence-corrected chi connectivity index (χ0v) is 15.9. The van der Waals surface area contributed by atoms with Crippen LogP contribution in [0.15, 0.2) is 35.9 Å². The molecule has 0 radical (unpaired) electrons. The van der Waals surface area contributed by atoms with Crippen LogP contribution in [0.1, 0.15) is 18.4 Å². The third-order valence-electron chi connectivity index (χ3n) is 7.79. The second kappa shape index (κ2) is 5.53. The number of fused-ring (bicyclic) bond motifs is 6. The number of Topliss-reactive ketones (excluding diaryl/α,β-unsaturated/α-hetero) is 1. The van der Waals surface area contributed by atoms with Crippen LogP contribution < -0.4 is 4.90 Å². The van der Waals surface area contributed by atoms with Crippen molar-refractivity contribution in [3.8, 4) is 0 Å². The van der Waals surface area contributed by atoms with Crippen molar-refractivity contribution in [2.24, 2.45) is 11.8 Å². The maximum atomic E-state index is 13.8. The molecule has 0 aromatic heterocycles. The number of nitrogens with zero attached hydrogens (tertiary/aromatic N) is 2. The number of rotatable bonds is 0. The molecule has 3 saturated heterocycles. The Bertz CT molecular complexity index is 927. The van der Waals surface area contributed by atoms with Crippen LogP contribution in [0.4, 0.5) is 5.69 Å². The molecule has 0 unspecified atom stereocenters. The molecule has 146 valence electrons. The van der Waals surface area contributed by atoms with Gasteiger partial charge < -0.3 is 19.6 Å². The molecule has 5 aliphatic heterocycles. The fraction of sp³-hybridized carbons (Fsp3) is 0.545. The number of ether oxygens (including phenoxy) is 1. The van der Waals surface area contributed by atoms with Gasteiger partial charge in [0.15, 0.2) is 6.10 Å². The summed E-state index contributed by atoms with van der Waals surface area (Å²) >= 11 is 0. The van der Waals surface area contributed by atoms with E-state index in [9.17, 15) is 14.7 Å². The standard InChI is InChI=1S/C22H24N2O4/c1-23-8-7-22-14-4-2-3-5-15(14)24-20(22)17-13(10-16(22)25)12(11-23)6-9-28-19(17)18(26)21(24)27/h2-6,13,17-20,26H,7-11H2,1H3/t13-,17-,18-,19+,20-,22+/m0/s1. The van der Waals surface area contributed by atoms with Crippen LogP contribution in [-0.2, 0) is 19.7 Å². The van der Waals surface area contributed by atoms with E-state index < -0.39 is 17.6 Å². The number of aliphatic hydroxyl groups is 1. The number of likely N-dealkylation sites (N-methyl/N-ethyl adjacent to an activating group) is 1. The van der Waals surface area contributed by atoms with Gasteiger partial charge in [-0.15, -0.1) is 0 Å². The Hall–Kier alpha value is -2.02. The summed E-state index contributed by atoms with van der Waals surface area (Å²) in [6, 6.07) is 7.52. The average molecular weight is 380 g/mol. The first-order valence-electron chi connectivity index (χ1n) is 10.2. The summed E-state index contributed by atoms with van der Waals surface area (Å²) in [7, 11) is 2.10. The lowest BCUT2D eigenvalue weighted by Gasteiger charge is -2.54. The highest BCUT2D eigenvalue weighted by Gasteiger charge is 2.69. The molecular formula is C22H24N2O4. The van der Waals surface area contributed by atoms with Crippen molar-refractivity contribution >= 4 is 17.4 Å². The minimum atomic E-state index is -1.19. The van der Waals surface area contributed by atoms with Crippen molar-refractivity contribution in [3.63, 3.8) is 0 Å². The fourth-order valence-electron chi connectivity index (χ4n) is 6.66. The molecule has 1 saturated carbocycles. The number of carbonyl (C=O) groups excluding carboxylic acids is 2. The smallest absolute Gasteiger partial charge is 0.258 e. The van der Waals surface area contributed by atoms with Gasteiger partial charge in [0.1, 0.15) is 5.78 Å². The first kappa shape index (κ1) is 16.9. The molecule has 1 spiro atoms. The third-order valence-corrected chi connectivity index (χ3v) is 7.79. The Morgan fingerprint density at radius 3 is 2.93 bits per heavy atom. The van der Waals surface area contributed by atoms with Gasteiger partial charge in [-0.25, -0.2) is 0 Å². The number of ketones is 1. The number of para-hydroxylation sites is 1. The molecule has 1 aromatic rings. The summed E-state index contributed by atoms with van der Waals surface area (Å²) in [4.78, 5) is 31.1. The summed E-state index contributed by atoms with van der Waals surface area (Å²) < 4.78 is 6.06. The molecule has 28 heavy (non-hydrogen) atoms. The highest BCUT2D eigenvalue weighted by molar-refractivity contribution is 6.07. The number of carbonyl (C=O) groups is 2. The molecule has 6 nitrogen and oxygen atoms in total. The van der Waals surface area contributed by atoms with Crippen molar-refractivity contribution in [2.45, 2.75) is 36.5 Å². The van der Waals surface area contributed by atoms with Gasteiger partial charge in [-0.3, -0.25) is 9.59 Å². The van der Waals surface area contributed by atoms with Crippen molar-refractivity contribution in [2.75, 3.05) is 31.6 Å². The summed E-state index contributed by atoms with van der Waals surface area (Å²) in [5.41, 5.74) is 2.26. The highest BCUT2D eigenvalue weighted by atomic mass is 16.5. The molecule has 1 aromatic carbocycles. The van der Waals surface area contributed by atoms with Crippen molar-refractivity contribution in [1.82, 2.24) is 4.90 Å². The minimum Gasteiger partial charge on any atom is -0.380 e. The van der Waals surface area contributed by atoms with E-state index in [4.69, 9.17) is 4.74 Å². The number of anilines is 1. The van der Waals surface area contributed by atoms with Crippen LogP contribution in [0, 0.1) is 11.8 Å². The normalized spacial score (nSPS) is 41.7. The summed E-state index contributed by atoms with van der Waals surface area (Å²) in [6.07, 6.45) is 1.48. The van der Waals surface area contributed by atoms with E-state index in [2.05, 4.69) is 18.0 Å². The molecule has 4 fully saturated rings. The fourth-order valence-corrected chi connectivity index (χ4v) is 6.66. The lowest BCUT2D eigenvalue weighted by atomic mass is 9.55. The Morgan fingerprint density at radius 2 is 2.07 bits per heavy atom. The second-order valence-electron chi connectivity index (χ2n) is 8.96. The summed E-state index contributed by atoms with van der Waals surface area (Å²) in [5.74, 6) is -0.152. The van der Waals surface area contributed by atoms with Crippen molar-refractivity contribution in [1.29, 1.82) is 0 Å². The van der Waals surface area contributed by atoms with Crippen LogP contribution >= 0.6 is 0 Å². The lowest BCUT2D eigenvalue weighted by Crippen LogP contribution is -2.70. The predicted octanol–water partition coefficient (Wildman–Crippen LogP) is 0.880. The maximum Gasteiger partial charge on any atom is 0.258 e. The van der Waals surface area contributed by atoms with Gasteiger partial charge in [0, 0.05) is 24.6 Å². The van der Waals surface area contributed by atoms with Crippen molar-refractivity contribution in [3.05, 3.63) is 41.5 Å². The van der Waals surface area contributed by atoms with Crippen LogP contribution in [0.2, 0.25) is 0 Å². The van der Waals surface area contributed by atoms with E-state index in [-0.39, 0.29) is 29.6 Å². The SMILES string of the molecule is CN1CC[C@@]23C(=O)C[C@H]4C(=CCO[C@@H]5[C@H]4[C@@H]2N(C(=O)[C@H]5O)c2ccccc23)C1. The minimum absolute atomic E-state index is 0.0123. The van der Waals surface area contributed by atoms with E-state index in [1.807, 2.05) is 24.3 Å². The number of hydrogen-bond donors (Lipinski definition) is 1. The zero-order valence-electron chi connectivity index (χ0n) is 15.9. The first-order chi connectivity index (χ1) is 13.5. The first-order valence-corrected chi connectivity index (χ1v) is 10.2. The van der Waals surface area contributed by atoms with E-state index in [0.717, 1.165) is 24.3 Å². The molecular weight excluding hydrogens is 356 g/mol. The van der Waals surface area contributed by atoms with Gasteiger partial charge >= 0.3 is 0 Å².